The summed E-state index contributed by atoms with van der Waals surface area (Å²) < 4.78 is 19.6. The van der Waals surface area contributed by atoms with E-state index in [0.717, 1.165) is 5.69 Å². The van der Waals surface area contributed by atoms with Crippen LogP contribution in [-0.2, 0) is 11.3 Å². The molecule has 2 amide bonds. The SMILES string of the molecule is Cc1nsc(-c2nc(N3CC=CC3=O)c3n2CCN(C(=O)c2ccc(F)cc2)[C@@H]3C)n1. The number of nitrogens with zero attached hydrogens (tertiary/aromatic N) is 6. The Balaban J connectivity index is 1.58. The monoisotopic (exact) mass is 438 g/mol. The van der Waals surface area contributed by atoms with Crippen molar-refractivity contribution < 1.29 is 14.0 Å². The van der Waals surface area contributed by atoms with Gasteiger partial charge in [-0.25, -0.2) is 14.4 Å². The van der Waals surface area contributed by atoms with Gasteiger partial charge in [-0.2, -0.15) is 4.37 Å². The Hall–Kier alpha value is -3.40. The summed E-state index contributed by atoms with van der Waals surface area (Å²) in [5.74, 6) is 1.12. The summed E-state index contributed by atoms with van der Waals surface area (Å²) in [6, 6.07) is 5.19. The zero-order valence-corrected chi connectivity index (χ0v) is 17.8. The van der Waals surface area contributed by atoms with Crippen LogP contribution in [0.1, 0.15) is 34.8 Å². The van der Waals surface area contributed by atoms with Gasteiger partial charge in [0.25, 0.3) is 11.8 Å². The van der Waals surface area contributed by atoms with E-state index in [2.05, 4.69) is 9.36 Å². The average molecular weight is 438 g/mol. The largest absolute Gasteiger partial charge is 0.328 e. The number of benzene rings is 1. The first-order valence-electron chi connectivity index (χ1n) is 9.89. The number of rotatable bonds is 3. The number of hydrogen-bond acceptors (Lipinski definition) is 6. The molecular weight excluding hydrogens is 419 g/mol. The Morgan fingerprint density at radius 3 is 2.61 bits per heavy atom. The molecule has 158 valence electrons. The molecule has 8 nitrogen and oxygen atoms in total. The smallest absolute Gasteiger partial charge is 0.254 e. The maximum absolute atomic E-state index is 13.3. The number of carbonyl (C=O) groups is 2. The maximum atomic E-state index is 13.3. The normalized spacial score (nSPS) is 18.0. The van der Waals surface area contributed by atoms with E-state index in [1.54, 1.807) is 15.9 Å². The highest BCUT2D eigenvalue weighted by Gasteiger charge is 2.37. The van der Waals surface area contributed by atoms with Crippen LogP contribution in [-0.4, -0.2) is 48.7 Å². The molecular formula is C21H19FN6O2S. The van der Waals surface area contributed by atoms with Crippen LogP contribution in [0.25, 0.3) is 10.8 Å². The van der Waals surface area contributed by atoms with Crippen LogP contribution in [0.5, 0.6) is 0 Å². The minimum atomic E-state index is -0.388. The van der Waals surface area contributed by atoms with E-state index >= 15 is 0 Å². The molecule has 0 aliphatic carbocycles. The molecule has 10 heteroatoms. The summed E-state index contributed by atoms with van der Waals surface area (Å²) in [5, 5.41) is 0.676. The molecule has 31 heavy (non-hydrogen) atoms. The van der Waals surface area contributed by atoms with Crippen LogP contribution in [0.3, 0.4) is 0 Å². The predicted molar refractivity (Wildman–Crippen MR) is 113 cm³/mol. The summed E-state index contributed by atoms with van der Waals surface area (Å²) in [7, 11) is 0. The van der Waals surface area contributed by atoms with E-state index < -0.39 is 0 Å². The van der Waals surface area contributed by atoms with Crippen LogP contribution in [0, 0.1) is 12.7 Å². The molecule has 0 radical (unpaired) electrons. The maximum Gasteiger partial charge on any atom is 0.254 e. The van der Waals surface area contributed by atoms with Gasteiger partial charge in [0.05, 0.1) is 11.7 Å². The van der Waals surface area contributed by atoms with Crippen molar-refractivity contribution in [2.45, 2.75) is 26.4 Å². The molecule has 4 heterocycles. The average Bonchev–Trinajstić information content (AvgIpc) is 3.46. The lowest BCUT2D eigenvalue weighted by Crippen LogP contribution is -2.42. The molecule has 0 saturated heterocycles. The van der Waals surface area contributed by atoms with E-state index in [1.807, 2.05) is 18.4 Å². The molecule has 2 aromatic heterocycles. The van der Waals surface area contributed by atoms with Gasteiger partial charge in [0.15, 0.2) is 16.6 Å². The van der Waals surface area contributed by atoms with Crippen molar-refractivity contribution in [2.75, 3.05) is 18.0 Å². The summed E-state index contributed by atoms with van der Waals surface area (Å²) in [6.45, 7) is 5.12. The van der Waals surface area contributed by atoms with E-state index in [9.17, 15) is 14.0 Å². The van der Waals surface area contributed by atoms with Crippen LogP contribution in [0.2, 0.25) is 0 Å². The van der Waals surface area contributed by atoms with Gasteiger partial charge in [-0.15, -0.1) is 0 Å². The first kappa shape index (κ1) is 19.6. The minimum absolute atomic E-state index is 0.143. The highest BCUT2D eigenvalue weighted by molar-refractivity contribution is 7.09. The lowest BCUT2D eigenvalue weighted by Gasteiger charge is -2.36. The Morgan fingerprint density at radius 1 is 1.19 bits per heavy atom. The topological polar surface area (TPSA) is 84.2 Å². The zero-order valence-electron chi connectivity index (χ0n) is 16.9. The highest BCUT2D eigenvalue weighted by Crippen LogP contribution is 2.39. The molecule has 3 aromatic rings. The van der Waals surface area contributed by atoms with Crippen molar-refractivity contribution in [3.05, 3.63) is 59.3 Å². The fourth-order valence-corrected chi connectivity index (χ4v) is 4.73. The molecule has 0 unspecified atom stereocenters. The Morgan fingerprint density at radius 2 is 1.97 bits per heavy atom. The summed E-state index contributed by atoms with van der Waals surface area (Å²) in [4.78, 5) is 38.2. The Labute approximate surface area is 181 Å². The summed E-state index contributed by atoms with van der Waals surface area (Å²) in [5.41, 5.74) is 1.20. The van der Waals surface area contributed by atoms with Gasteiger partial charge in [-0.1, -0.05) is 6.08 Å². The summed E-state index contributed by atoms with van der Waals surface area (Å²) in [6.07, 6.45) is 3.31. The van der Waals surface area contributed by atoms with Crippen molar-refractivity contribution in [3.8, 4) is 10.8 Å². The molecule has 0 spiro atoms. The molecule has 1 aromatic carbocycles. The lowest BCUT2D eigenvalue weighted by atomic mass is 10.1. The van der Waals surface area contributed by atoms with Gasteiger partial charge < -0.3 is 9.47 Å². The van der Waals surface area contributed by atoms with Gasteiger partial charge in [0.1, 0.15) is 11.6 Å². The van der Waals surface area contributed by atoms with Gasteiger partial charge in [-0.05, 0) is 49.6 Å². The van der Waals surface area contributed by atoms with Crippen LogP contribution < -0.4 is 4.90 Å². The van der Waals surface area contributed by atoms with Crippen molar-refractivity contribution in [1.29, 1.82) is 0 Å². The third-order valence-electron chi connectivity index (χ3n) is 5.56. The van der Waals surface area contributed by atoms with Crippen molar-refractivity contribution in [1.82, 2.24) is 23.8 Å². The van der Waals surface area contributed by atoms with E-state index in [1.165, 1.54) is 41.9 Å². The standard InChI is InChI=1S/C21H19FN6O2S/c1-12-17-18(27-9-3-4-16(27)29)24-19(20-23-13(2)25-31-20)28(17)11-10-26(12)21(30)14-5-7-15(22)8-6-14/h3-8,12H,9-11H2,1-2H3/t12-/m1/s1. The predicted octanol–water partition coefficient (Wildman–Crippen LogP) is 2.97. The molecule has 0 fully saturated rings. The number of anilines is 1. The van der Waals surface area contributed by atoms with E-state index in [4.69, 9.17) is 4.98 Å². The molecule has 2 aliphatic rings. The number of amides is 2. The summed E-state index contributed by atoms with van der Waals surface area (Å²) >= 11 is 1.26. The fraction of sp³-hybridized carbons (Fsp3) is 0.286. The number of halogens is 1. The molecule has 1 atom stereocenters. The number of aromatic nitrogens is 4. The van der Waals surface area contributed by atoms with E-state index in [0.29, 0.717) is 47.7 Å². The second-order valence-corrected chi connectivity index (χ2v) is 8.23. The molecule has 5 rings (SSSR count). The highest BCUT2D eigenvalue weighted by atomic mass is 32.1. The van der Waals surface area contributed by atoms with Crippen molar-refractivity contribution in [3.63, 3.8) is 0 Å². The number of aryl methyl sites for hydroxylation is 1. The van der Waals surface area contributed by atoms with Crippen molar-refractivity contribution in [2.24, 2.45) is 0 Å². The fourth-order valence-electron chi connectivity index (χ4n) is 4.06. The van der Waals surface area contributed by atoms with Gasteiger partial charge in [0, 0.05) is 31.3 Å². The Kier molecular flexibility index (Phi) is 4.66. The second-order valence-electron chi connectivity index (χ2n) is 7.48. The van der Waals surface area contributed by atoms with Gasteiger partial charge >= 0.3 is 0 Å². The number of hydrogen-bond donors (Lipinski definition) is 0. The van der Waals surface area contributed by atoms with Crippen LogP contribution in [0.4, 0.5) is 10.2 Å². The molecule has 0 saturated carbocycles. The quantitative estimate of drug-likeness (QED) is 0.628. The molecule has 2 aliphatic heterocycles. The minimum Gasteiger partial charge on any atom is -0.328 e. The Bertz CT molecular complexity index is 1220. The van der Waals surface area contributed by atoms with Crippen molar-refractivity contribution >= 4 is 29.2 Å². The third kappa shape index (κ3) is 3.23. The number of carbonyl (C=O) groups excluding carboxylic acids is 2. The third-order valence-corrected chi connectivity index (χ3v) is 6.36. The number of imidazole rings is 1. The van der Waals surface area contributed by atoms with Crippen LogP contribution in [0.15, 0.2) is 36.4 Å². The first-order valence-corrected chi connectivity index (χ1v) is 10.7. The van der Waals surface area contributed by atoms with Gasteiger partial charge in [-0.3, -0.25) is 14.5 Å². The van der Waals surface area contributed by atoms with Crippen LogP contribution >= 0.6 is 11.5 Å². The number of fused-ring (bicyclic) bond motifs is 1. The molecule has 0 bridgehead atoms. The van der Waals surface area contributed by atoms with E-state index in [-0.39, 0.29) is 23.7 Å². The first-order chi connectivity index (χ1) is 14.9. The zero-order chi connectivity index (χ0) is 21.7. The lowest BCUT2D eigenvalue weighted by molar-refractivity contribution is -0.113. The molecule has 0 N–H and O–H groups in total. The second kappa shape index (κ2) is 7.38. The van der Waals surface area contributed by atoms with Gasteiger partial charge in [0.2, 0.25) is 0 Å².